The molecule has 20 heavy (non-hydrogen) atoms. The SMILES string of the molecule is CC(=O)N(CC(=O)Nc1ccc(Br)cc1C)CC(C)C. The minimum Gasteiger partial charge on any atom is -0.333 e. The molecule has 4 nitrogen and oxygen atoms in total. The highest BCUT2D eigenvalue weighted by Crippen LogP contribution is 2.19. The van der Waals surface area contributed by atoms with Gasteiger partial charge in [-0.25, -0.2) is 0 Å². The molecule has 1 N–H and O–H groups in total. The number of carbonyl (C=O) groups is 2. The van der Waals surface area contributed by atoms with Crippen LogP contribution in [0.5, 0.6) is 0 Å². The van der Waals surface area contributed by atoms with E-state index in [1.54, 1.807) is 4.90 Å². The molecule has 0 bridgehead atoms. The van der Waals surface area contributed by atoms with E-state index >= 15 is 0 Å². The van der Waals surface area contributed by atoms with E-state index in [9.17, 15) is 9.59 Å². The zero-order valence-electron chi connectivity index (χ0n) is 12.4. The van der Waals surface area contributed by atoms with Crippen LogP contribution in [0.2, 0.25) is 0 Å². The first-order chi connectivity index (χ1) is 9.29. The molecule has 0 aliphatic heterocycles. The summed E-state index contributed by atoms with van der Waals surface area (Å²) < 4.78 is 0.971. The molecule has 0 aliphatic rings. The summed E-state index contributed by atoms with van der Waals surface area (Å²) in [7, 11) is 0. The van der Waals surface area contributed by atoms with Crippen molar-refractivity contribution < 1.29 is 9.59 Å². The van der Waals surface area contributed by atoms with Crippen molar-refractivity contribution in [3.63, 3.8) is 0 Å². The third kappa shape index (κ3) is 5.33. The molecule has 0 aromatic heterocycles. The number of amides is 2. The van der Waals surface area contributed by atoms with Crippen molar-refractivity contribution in [1.29, 1.82) is 0 Å². The van der Waals surface area contributed by atoms with Crippen LogP contribution in [-0.4, -0.2) is 29.8 Å². The van der Waals surface area contributed by atoms with E-state index in [2.05, 4.69) is 21.2 Å². The van der Waals surface area contributed by atoms with Crippen LogP contribution in [-0.2, 0) is 9.59 Å². The van der Waals surface area contributed by atoms with Gasteiger partial charge in [0.05, 0.1) is 6.54 Å². The number of anilines is 1. The average Bonchev–Trinajstić information content (AvgIpc) is 2.31. The number of aryl methyl sites for hydroxylation is 1. The lowest BCUT2D eigenvalue weighted by atomic mass is 10.2. The van der Waals surface area contributed by atoms with E-state index in [0.29, 0.717) is 12.5 Å². The summed E-state index contributed by atoms with van der Waals surface area (Å²) in [4.78, 5) is 25.1. The fourth-order valence-electron chi connectivity index (χ4n) is 1.88. The van der Waals surface area contributed by atoms with Crippen molar-refractivity contribution in [3.8, 4) is 0 Å². The maximum atomic E-state index is 12.0. The molecule has 0 atom stereocenters. The highest BCUT2D eigenvalue weighted by Gasteiger charge is 2.15. The summed E-state index contributed by atoms with van der Waals surface area (Å²) in [6, 6.07) is 5.66. The Labute approximate surface area is 128 Å². The van der Waals surface area contributed by atoms with Gasteiger partial charge in [-0.2, -0.15) is 0 Å². The molecule has 2 amide bonds. The van der Waals surface area contributed by atoms with Crippen molar-refractivity contribution in [3.05, 3.63) is 28.2 Å². The van der Waals surface area contributed by atoms with Gasteiger partial charge in [0.1, 0.15) is 0 Å². The van der Waals surface area contributed by atoms with Gasteiger partial charge in [0.25, 0.3) is 0 Å². The second-order valence-electron chi connectivity index (χ2n) is 5.30. The number of hydrogen-bond acceptors (Lipinski definition) is 2. The molecule has 110 valence electrons. The Morgan fingerprint density at radius 2 is 2.00 bits per heavy atom. The van der Waals surface area contributed by atoms with Crippen LogP contribution in [0.3, 0.4) is 0 Å². The van der Waals surface area contributed by atoms with Crippen LogP contribution in [0.1, 0.15) is 26.3 Å². The lowest BCUT2D eigenvalue weighted by molar-refractivity contribution is -0.133. The number of rotatable bonds is 5. The molecule has 1 aromatic carbocycles. The molecule has 0 saturated carbocycles. The first-order valence-electron chi connectivity index (χ1n) is 6.61. The van der Waals surface area contributed by atoms with Crippen molar-refractivity contribution >= 4 is 33.4 Å². The lowest BCUT2D eigenvalue weighted by Crippen LogP contribution is -2.38. The number of nitrogens with zero attached hydrogens (tertiary/aromatic N) is 1. The highest BCUT2D eigenvalue weighted by atomic mass is 79.9. The molecule has 0 fully saturated rings. The lowest BCUT2D eigenvalue weighted by Gasteiger charge is -2.22. The summed E-state index contributed by atoms with van der Waals surface area (Å²) in [5, 5.41) is 2.84. The zero-order valence-corrected chi connectivity index (χ0v) is 14.0. The van der Waals surface area contributed by atoms with Gasteiger partial charge in [-0.05, 0) is 36.6 Å². The van der Waals surface area contributed by atoms with Crippen LogP contribution in [0.25, 0.3) is 0 Å². The van der Waals surface area contributed by atoms with E-state index in [1.807, 2.05) is 39.0 Å². The van der Waals surface area contributed by atoms with Crippen LogP contribution in [0, 0.1) is 12.8 Å². The van der Waals surface area contributed by atoms with Gasteiger partial charge in [-0.15, -0.1) is 0 Å². The van der Waals surface area contributed by atoms with Crippen molar-refractivity contribution in [2.45, 2.75) is 27.7 Å². The summed E-state index contributed by atoms with van der Waals surface area (Å²) in [5.41, 5.74) is 1.75. The van der Waals surface area contributed by atoms with Gasteiger partial charge in [-0.3, -0.25) is 9.59 Å². The van der Waals surface area contributed by atoms with Crippen molar-refractivity contribution in [1.82, 2.24) is 4.90 Å². The Kier molecular flexibility index (Phi) is 6.20. The number of benzene rings is 1. The second-order valence-corrected chi connectivity index (χ2v) is 6.22. The van der Waals surface area contributed by atoms with Gasteiger partial charge >= 0.3 is 0 Å². The minimum atomic E-state index is -0.175. The van der Waals surface area contributed by atoms with Gasteiger partial charge in [-0.1, -0.05) is 29.8 Å². The number of carbonyl (C=O) groups excluding carboxylic acids is 2. The normalized spacial score (nSPS) is 10.5. The minimum absolute atomic E-state index is 0.0821. The van der Waals surface area contributed by atoms with E-state index in [4.69, 9.17) is 0 Å². The molecule has 1 rings (SSSR count). The fourth-order valence-corrected chi connectivity index (χ4v) is 2.35. The summed E-state index contributed by atoms with van der Waals surface area (Å²) in [6.07, 6.45) is 0. The third-order valence-electron chi connectivity index (χ3n) is 2.83. The van der Waals surface area contributed by atoms with Crippen LogP contribution < -0.4 is 5.32 Å². The molecule has 0 saturated heterocycles. The first kappa shape index (κ1) is 16.7. The van der Waals surface area contributed by atoms with Crippen molar-refractivity contribution in [2.75, 3.05) is 18.4 Å². The molecule has 0 heterocycles. The molecule has 1 aromatic rings. The van der Waals surface area contributed by atoms with Crippen LogP contribution in [0.15, 0.2) is 22.7 Å². The number of hydrogen-bond donors (Lipinski definition) is 1. The predicted molar refractivity (Wildman–Crippen MR) is 84.6 cm³/mol. The molecule has 5 heteroatoms. The zero-order chi connectivity index (χ0) is 15.3. The third-order valence-corrected chi connectivity index (χ3v) is 3.32. The average molecular weight is 341 g/mol. The molecule has 0 spiro atoms. The van der Waals surface area contributed by atoms with Crippen LogP contribution >= 0.6 is 15.9 Å². The van der Waals surface area contributed by atoms with E-state index < -0.39 is 0 Å². The predicted octanol–water partition coefficient (Wildman–Crippen LogP) is 3.20. The second kappa shape index (κ2) is 7.43. The first-order valence-corrected chi connectivity index (χ1v) is 7.40. The summed E-state index contributed by atoms with van der Waals surface area (Å²) >= 11 is 3.38. The van der Waals surface area contributed by atoms with E-state index in [0.717, 1.165) is 15.7 Å². The molecular formula is C15H21BrN2O2. The quantitative estimate of drug-likeness (QED) is 0.894. The summed E-state index contributed by atoms with van der Waals surface area (Å²) in [5.74, 6) is 0.0776. The van der Waals surface area contributed by atoms with Crippen molar-refractivity contribution in [2.24, 2.45) is 5.92 Å². The number of halogens is 1. The van der Waals surface area contributed by atoms with Gasteiger partial charge in [0.2, 0.25) is 11.8 Å². The smallest absolute Gasteiger partial charge is 0.244 e. The van der Waals surface area contributed by atoms with Crippen LogP contribution in [0.4, 0.5) is 5.69 Å². The van der Waals surface area contributed by atoms with E-state index in [1.165, 1.54) is 6.92 Å². The maximum absolute atomic E-state index is 12.0. The maximum Gasteiger partial charge on any atom is 0.244 e. The van der Waals surface area contributed by atoms with Gasteiger partial charge < -0.3 is 10.2 Å². The molecule has 0 unspecified atom stereocenters. The monoisotopic (exact) mass is 340 g/mol. The Morgan fingerprint density at radius 1 is 1.35 bits per heavy atom. The fraction of sp³-hybridized carbons (Fsp3) is 0.467. The summed E-state index contributed by atoms with van der Waals surface area (Å²) in [6.45, 7) is 8.13. The van der Waals surface area contributed by atoms with Gasteiger partial charge in [0, 0.05) is 23.6 Å². The number of nitrogens with one attached hydrogen (secondary N) is 1. The molecular weight excluding hydrogens is 320 g/mol. The Morgan fingerprint density at radius 3 is 2.50 bits per heavy atom. The Bertz CT molecular complexity index is 501. The topological polar surface area (TPSA) is 49.4 Å². The Hall–Kier alpha value is -1.36. The molecule has 0 radical (unpaired) electrons. The van der Waals surface area contributed by atoms with E-state index in [-0.39, 0.29) is 18.4 Å². The Balaban J connectivity index is 2.68. The largest absolute Gasteiger partial charge is 0.333 e. The van der Waals surface area contributed by atoms with Gasteiger partial charge in [0.15, 0.2) is 0 Å². The highest BCUT2D eigenvalue weighted by molar-refractivity contribution is 9.10. The standard InChI is InChI=1S/C15H21BrN2O2/c1-10(2)8-18(12(4)19)9-15(20)17-14-6-5-13(16)7-11(14)3/h5-7,10H,8-9H2,1-4H3,(H,17,20). The molecule has 0 aliphatic carbocycles.